The average molecular weight is 331 g/mol. The molecule has 6 heteroatoms. The molecule has 0 atom stereocenters. The van der Waals surface area contributed by atoms with E-state index in [-0.39, 0.29) is 5.91 Å². The van der Waals surface area contributed by atoms with Gasteiger partial charge in [-0.05, 0) is 43.7 Å². The summed E-state index contributed by atoms with van der Waals surface area (Å²) in [5.74, 6) is 6.74. The van der Waals surface area contributed by atoms with Crippen molar-refractivity contribution in [3.63, 3.8) is 0 Å². The number of aromatic nitrogens is 1. The molecule has 2 heterocycles. The Hall–Kier alpha value is -1.66. The molecule has 1 amide bonds. The molecule has 6 nitrogen and oxygen atoms in total. The molecule has 1 aliphatic carbocycles. The molecule has 2 aliphatic rings. The maximum atomic E-state index is 11.5. The number of nitrogen functional groups attached to an aromatic ring is 1. The lowest BCUT2D eigenvalue weighted by Gasteiger charge is -2.42. The summed E-state index contributed by atoms with van der Waals surface area (Å²) in [4.78, 5) is 20.9. The number of hydrazine groups is 1. The summed E-state index contributed by atoms with van der Waals surface area (Å²) in [5.41, 5.74) is 2.62. The lowest BCUT2D eigenvalue weighted by Crippen LogP contribution is -2.51. The molecule has 2 fully saturated rings. The van der Waals surface area contributed by atoms with Crippen LogP contribution in [0.25, 0.3) is 0 Å². The van der Waals surface area contributed by atoms with E-state index in [1.54, 1.807) is 12.3 Å². The van der Waals surface area contributed by atoms with Crippen molar-refractivity contribution in [1.29, 1.82) is 0 Å². The second-order valence-corrected chi connectivity index (χ2v) is 6.98. The van der Waals surface area contributed by atoms with Crippen molar-refractivity contribution in [3.05, 3.63) is 23.9 Å². The number of hydrogen-bond donors (Lipinski definition) is 2. The SMILES string of the molecule is CC[C@H]1CC[C@H](N2CCN(c3ccc(C(=O)NN)cn3)CC2)CC1. The average Bonchev–Trinajstić information content (AvgIpc) is 2.68. The van der Waals surface area contributed by atoms with Gasteiger partial charge in [0.2, 0.25) is 0 Å². The van der Waals surface area contributed by atoms with Gasteiger partial charge in [-0.2, -0.15) is 0 Å². The minimum atomic E-state index is -0.304. The Labute approximate surface area is 144 Å². The predicted octanol–water partition coefficient (Wildman–Crippen LogP) is 1.78. The van der Waals surface area contributed by atoms with E-state index in [1.165, 1.54) is 32.1 Å². The molecular weight excluding hydrogens is 302 g/mol. The number of carbonyl (C=O) groups excluding carboxylic acids is 1. The van der Waals surface area contributed by atoms with Crippen molar-refractivity contribution < 1.29 is 4.79 Å². The second-order valence-electron chi connectivity index (χ2n) is 6.98. The van der Waals surface area contributed by atoms with Gasteiger partial charge >= 0.3 is 0 Å². The highest BCUT2D eigenvalue weighted by molar-refractivity contribution is 5.93. The van der Waals surface area contributed by atoms with E-state index in [4.69, 9.17) is 5.84 Å². The number of amides is 1. The number of rotatable bonds is 4. The van der Waals surface area contributed by atoms with Crippen molar-refractivity contribution in [2.45, 2.75) is 45.1 Å². The third-order valence-corrected chi connectivity index (χ3v) is 5.69. The maximum Gasteiger partial charge on any atom is 0.266 e. The summed E-state index contributed by atoms with van der Waals surface area (Å²) in [7, 11) is 0. The molecule has 0 spiro atoms. The van der Waals surface area contributed by atoms with Gasteiger partial charge in [-0.1, -0.05) is 13.3 Å². The van der Waals surface area contributed by atoms with Crippen molar-refractivity contribution in [3.8, 4) is 0 Å². The van der Waals surface area contributed by atoms with Crippen LogP contribution in [0.15, 0.2) is 18.3 Å². The van der Waals surface area contributed by atoms with Crippen LogP contribution >= 0.6 is 0 Å². The first-order valence-electron chi connectivity index (χ1n) is 9.17. The zero-order valence-corrected chi connectivity index (χ0v) is 14.6. The van der Waals surface area contributed by atoms with Crippen LogP contribution < -0.4 is 16.2 Å². The minimum absolute atomic E-state index is 0.304. The van der Waals surface area contributed by atoms with E-state index in [2.05, 4.69) is 27.1 Å². The maximum absolute atomic E-state index is 11.5. The van der Waals surface area contributed by atoms with Crippen molar-refractivity contribution in [2.24, 2.45) is 11.8 Å². The van der Waals surface area contributed by atoms with Crippen molar-refractivity contribution in [1.82, 2.24) is 15.3 Å². The fourth-order valence-corrected chi connectivity index (χ4v) is 4.03. The zero-order chi connectivity index (χ0) is 16.9. The predicted molar refractivity (Wildman–Crippen MR) is 95.7 cm³/mol. The Kier molecular flexibility index (Phi) is 5.68. The summed E-state index contributed by atoms with van der Waals surface area (Å²) >= 11 is 0. The molecule has 3 rings (SSSR count). The van der Waals surface area contributed by atoms with Gasteiger partial charge in [0.25, 0.3) is 5.91 Å². The number of anilines is 1. The first-order chi connectivity index (χ1) is 11.7. The largest absolute Gasteiger partial charge is 0.354 e. The van der Waals surface area contributed by atoms with Crippen LogP contribution in [0.5, 0.6) is 0 Å². The number of nitrogens with one attached hydrogen (secondary N) is 1. The molecule has 0 unspecified atom stereocenters. The molecule has 1 aromatic rings. The van der Waals surface area contributed by atoms with Crippen molar-refractivity contribution >= 4 is 11.7 Å². The normalized spacial score (nSPS) is 25.5. The molecule has 3 N–H and O–H groups in total. The van der Waals surface area contributed by atoms with Gasteiger partial charge in [0, 0.05) is 38.4 Å². The summed E-state index contributed by atoms with van der Waals surface area (Å²) in [6, 6.07) is 4.47. The number of nitrogens with zero attached hydrogens (tertiary/aromatic N) is 3. The molecule has 1 aliphatic heterocycles. The highest BCUT2D eigenvalue weighted by atomic mass is 16.2. The third kappa shape index (κ3) is 3.87. The smallest absolute Gasteiger partial charge is 0.266 e. The third-order valence-electron chi connectivity index (χ3n) is 5.69. The Morgan fingerprint density at radius 3 is 2.46 bits per heavy atom. The molecular formula is C18H29N5O. The van der Waals surface area contributed by atoms with E-state index >= 15 is 0 Å². The minimum Gasteiger partial charge on any atom is -0.354 e. The molecule has 0 radical (unpaired) electrons. The summed E-state index contributed by atoms with van der Waals surface area (Å²) < 4.78 is 0. The van der Waals surface area contributed by atoms with Gasteiger partial charge in [0.05, 0.1) is 5.56 Å². The molecule has 1 aromatic heterocycles. The van der Waals surface area contributed by atoms with E-state index in [0.29, 0.717) is 5.56 Å². The van der Waals surface area contributed by atoms with Crippen LogP contribution in [-0.2, 0) is 0 Å². The fourth-order valence-electron chi connectivity index (χ4n) is 4.03. The molecule has 0 bridgehead atoms. The lowest BCUT2D eigenvalue weighted by molar-refractivity contribution is 0.0953. The highest BCUT2D eigenvalue weighted by Gasteiger charge is 2.28. The second kappa shape index (κ2) is 7.94. The molecule has 1 saturated carbocycles. The van der Waals surface area contributed by atoms with Gasteiger partial charge in [0.1, 0.15) is 5.82 Å². The Morgan fingerprint density at radius 2 is 1.92 bits per heavy atom. The number of nitrogens with two attached hydrogens (primary N) is 1. The molecule has 0 aromatic carbocycles. The van der Waals surface area contributed by atoms with Crippen LogP contribution in [0.1, 0.15) is 49.4 Å². The molecule has 24 heavy (non-hydrogen) atoms. The van der Waals surface area contributed by atoms with Crippen LogP contribution in [0.2, 0.25) is 0 Å². The number of piperazine rings is 1. The molecule has 132 valence electrons. The Balaban J connectivity index is 1.51. The van der Waals surface area contributed by atoms with E-state index in [0.717, 1.165) is 44.0 Å². The van der Waals surface area contributed by atoms with Gasteiger partial charge in [0.15, 0.2) is 0 Å². The fraction of sp³-hybridized carbons (Fsp3) is 0.667. The summed E-state index contributed by atoms with van der Waals surface area (Å²) in [6.45, 7) is 6.54. The van der Waals surface area contributed by atoms with E-state index < -0.39 is 0 Å². The standard InChI is InChI=1S/C18H29N5O/c1-2-14-3-6-16(7-4-14)22-9-11-23(12-10-22)17-8-5-15(13-20-17)18(24)21-19/h5,8,13-14,16H,2-4,6-7,9-12,19H2,1H3,(H,21,24)/t14-,16-. The van der Waals surface area contributed by atoms with Gasteiger partial charge in [-0.15, -0.1) is 0 Å². The summed E-state index contributed by atoms with van der Waals surface area (Å²) in [5, 5.41) is 0. The highest BCUT2D eigenvalue weighted by Crippen LogP contribution is 2.30. The van der Waals surface area contributed by atoms with Gasteiger partial charge in [-0.3, -0.25) is 15.1 Å². The lowest BCUT2D eigenvalue weighted by atomic mass is 9.84. The number of pyridine rings is 1. The van der Waals surface area contributed by atoms with E-state index in [1.807, 2.05) is 6.07 Å². The molecule has 1 saturated heterocycles. The van der Waals surface area contributed by atoms with Crippen LogP contribution in [-0.4, -0.2) is 48.0 Å². The zero-order valence-electron chi connectivity index (χ0n) is 14.6. The van der Waals surface area contributed by atoms with Crippen LogP contribution in [0.3, 0.4) is 0 Å². The quantitative estimate of drug-likeness (QED) is 0.500. The van der Waals surface area contributed by atoms with Crippen molar-refractivity contribution in [2.75, 3.05) is 31.1 Å². The number of carbonyl (C=O) groups is 1. The van der Waals surface area contributed by atoms with Crippen LogP contribution in [0, 0.1) is 5.92 Å². The first kappa shape index (κ1) is 17.2. The van der Waals surface area contributed by atoms with Gasteiger partial charge in [-0.25, -0.2) is 10.8 Å². The number of hydrogen-bond acceptors (Lipinski definition) is 5. The monoisotopic (exact) mass is 331 g/mol. The van der Waals surface area contributed by atoms with E-state index in [9.17, 15) is 4.79 Å². The van der Waals surface area contributed by atoms with Crippen LogP contribution in [0.4, 0.5) is 5.82 Å². The Morgan fingerprint density at radius 1 is 1.21 bits per heavy atom. The summed E-state index contributed by atoms with van der Waals surface area (Å²) in [6.07, 6.45) is 8.45. The van der Waals surface area contributed by atoms with Gasteiger partial charge < -0.3 is 4.90 Å². The topological polar surface area (TPSA) is 74.5 Å². The first-order valence-corrected chi connectivity index (χ1v) is 9.17. The Bertz CT molecular complexity index is 531.